The molecule has 0 saturated carbocycles. The Morgan fingerprint density at radius 1 is 1.35 bits per heavy atom. The average Bonchev–Trinajstić information content (AvgIpc) is 3.14. The number of aromatic nitrogens is 5. The molecular formula is C16H20N6O. The van der Waals surface area contributed by atoms with Gasteiger partial charge in [-0.1, -0.05) is 13.8 Å². The normalized spacial score (nSPS) is 12.7. The van der Waals surface area contributed by atoms with E-state index in [1.54, 1.807) is 29.4 Å². The van der Waals surface area contributed by atoms with Crippen LogP contribution >= 0.6 is 0 Å². The third kappa shape index (κ3) is 3.23. The van der Waals surface area contributed by atoms with Crippen LogP contribution < -0.4 is 5.32 Å². The Bertz CT molecular complexity index is 805. The van der Waals surface area contributed by atoms with Crippen LogP contribution in [-0.4, -0.2) is 36.1 Å². The van der Waals surface area contributed by atoms with Gasteiger partial charge in [-0.05, 0) is 18.4 Å². The van der Waals surface area contributed by atoms with Gasteiger partial charge in [-0.15, -0.1) is 0 Å². The van der Waals surface area contributed by atoms with Gasteiger partial charge >= 0.3 is 0 Å². The lowest BCUT2D eigenvalue weighted by Crippen LogP contribution is -2.41. The summed E-state index contributed by atoms with van der Waals surface area (Å²) < 4.78 is 3.59. The zero-order valence-electron chi connectivity index (χ0n) is 13.5. The van der Waals surface area contributed by atoms with Crippen LogP contribution in [0.4, 0.5) is 0 Å². The second-order valence-corrected chi connectivity index (χ2v) is 6.04. The van der Waals surface area contributed by atoms with Gasteiger partial charge in [0.2, 0.25) is 0 Å². The third-order valence-electron chi connectivity index (χ3n) is 3.82. The molecule has 0 aliphatic carbocycles. The molecule has 1 atom stereocenters. The Morgan fingerprint density at radius 3 is 2.87 bits per heavy atom. The maximum absolute atomic E-state index is 12.6. The van der Waals surface area contributed by atoms with Crippen LogP contribution in [0.1, 0.15) is 29.8 Å². The number of aryl methyl sites for hydroxylation is 1. The van der Waals surface area contributed by atoms with Crippen molar-refractivity contribution >= 4 is 11.6 Å². The maximum Gasteiger partial charge on any atom is 0.257 e. The number of hydrogen-bond acceptors (Lipinski definition) is 4. The minimum atomic E-state index is -0.157. The van der Waals surface area contributed by atoms with Crippen molar-refractivity contribution in [3.63, 3.8) is 0 Å². The molecule has 0 aliphatic rings. The molecule has 23 heavy (non-hydrogen) atoms. The van der Waals surface area contributed by atoms with Gasteiger partial charge in [0.15, 0.2) is 5.65 Å². The molecule has 3 aromatic rings. The van der Waals surface area contributed by atoms with Crippen LogP contribution in [0.5, 0.6) is 0 Å². The molecular weight excluding hydrogens is 292 g/mol. The van der Waals surface area contributed by atoms with Gasteiger partial charge in [0.25, 0.3) is 5.91 Å². The number of carbonyl (C=O) groups is 1. The fraction of sp³-hybridized carbons (Fsp3) is 0.375. The van der Waals surface area contributed by atoms with Crippen molar-refractivity contribution in [3.05, 3.63) is 48.4 Å². The molecule has 0 aromatic carbocycles. The van der Waals surface area contributed by atoms with Crippen molar-refractivity contribution in [2.24, 2.45) is 5.92 Å². The van der Waals surface area contributed by atoms with Gasteiger partial charge in [0.05, 0.1) is 12.5 Å². The summed E-state index contributed by atoms with van der Waals surface area (Å²) in [4.78, 5) is 21.0. The topological polar surface area (TPSA) is 77.1 Å². The fourth-order valence-corrected chi connectivity index (χ4v) is 2.42. The van der Waals surface area contributed by atoms with Gasteiger partial charge < -0.3 is 9.88 Å². The van der Waals surface area contributed by atoms with E-state index < -0.39 is 0 Å². The van der Waals surface area contributed by atoms with Crippen molar-refractivity contribution in [3.8, 4) is 0 Å². The van der Waals surface area contributed by atoms with Crippen molar-refractivity contribution < 1.29 is 4.79 Å². The molecule has 1 amide bonds. The highest BCUT2D eigenvalue weighted by Gasteiger charge is 2.20. The molecule has 0 bridgehead atoms. The molecule has 3 aromatic heterocycles. The first-order valence-electron chi connectivity index (χ1n) is 7.61. The predicted molar refractivity (Wildman–Crippen MR) is 86.0 cm³/mol. The van der Waals surface area contributed by atoms with Crippen LogP contribution in [0.15, 0.2) is 37.3 Å². The minimum Gasteiger partial charge on any atom is -0.347 e. The zero-order valence-corrected chi connectivity index (χ0v) is 13.5. The van der Waals surface area contributed by atoms with Crippen LogP contribution in [0.2, 0.25) is 0 Å². The first-order chi connectivity index (χ1) is 11.0. The molecule has 0 spiro atoms. The quantitative estimate of drug-likeness (QED) is 0.778. The summed E-state index contributed by atoms with van der Waals surface area (Å²) in [5.74, 6) is 0.133. The lowest BCUT2D eigenvalue weighted by molar-refractivity contribution is 0.0922. The molecule has 0 saturated heterocycles. The molecule has 0 aliphatic heterocycles. The molecule has 120 valence electrons. The number of imidazole rings is 1. The van der Waals surface area contributed by atoms with Gasteiger partial charge in [-0.3, -0.25) is 4.79 Å². The number of nitrogens with one attached hydrogen (secondary N) is 1. The van der Waals surface area contributed by atoms with Crippen molar-refractivity contribution in [2.45, 2.75) is 33.4 Å². The van der Waals surface area contributed by atoms with E-state index in [0.717, 1.165) is 5.56 Å². The molecule has 3 heterocycles. The van der Waals surface area contributed by atoms with Gasteiger partial charge in [0, 0.05) is 37.4 Å². The van der Waals surface area contributed by atoms with E-state index in [-0.39, 0.29) is 11.9 Å². The van der Waals surface area contributed by atoms with Gasteiger partial charge in [-0.25, -0.2) is 14.5 Å². The van der Waals surface area contributed by atoms with E-state index in [2.05, 4.69) is 34.2 Å². The molecule has 7 heteroatoms. The van der Waals surface area contributed by atoms with E-state index in [1.165, 1.54) is 0 Å². The molecule has 1 N–H and O–H groups in total. The summed E-state index contributed by atoms with van der Waals surface area (Å²) in [6.07, 6.45) is 10.5. The molecule has 7 nitrogen and oxygen atoms in total. The number of fused-ring (bicyclic) bond motifs is 1. The largest absolute Gasteiger partial charge is 0.347 e. The highest BCUT2D eigenvalue weighted by molar-refractivity contribution is 5.99. The van der Waals surface area contributed by atoms with Crippen molar-refractivity contribution in [1.29, 1.82) is 0 Å². The Hall–Kier alpha value is -2.70. The van der Waals surface area contributed by atoms with Crippen LogP contribution in [-0.2, 0) is 6.54 Å². The summed E-state index contributed by atoms with van der Waals surface area (Å²) >= 11 is 0. The minimum absolute atomic E-state index is 0.00269. The number of amides is 1. The number of hydrogen-bond donors (Lipinski definition) is 1. The standard InChI is InChI=1S/C16H20N6O/c1-11(2)14(9-21-5-4-17-10-21)20-16(23)13-7-19-22-8-12(3)6-18-15(13)22/h4-8,10-11,14H,9H2,1-3H3,(H,20,23)/t14-/m0/s1. The van der Waals surface area contributed by atoms with Crippen LogP contribution in [0.25, 0.3) is 5.65 Å². The van der Waals surface area contributed by atoms with Gasteiger partial charge in [0.1, 0.15) is 5.56 Å². The summed E-state index contributed by atoms with van der Waals surface area (Å²) in [7, 11) is 0. The molecule has 0 radical (unpaired) electrons. The van der Waals surface area contributed by atoms with Crippen molar-refractivity contribution in [2.75, 3.05) is 0 Å². The zero-order chi connectivity index (χ0) is 16.4. The highest BCUT2D eigenvalue weighted by Crippen LogP contribution is 2.11. The number of nitrogens with zero attached hydrogens (tertiary/aromatic N) is 5. The van der Waals surface area contributed by atoms with E-state index >= 15 is 0 Å². The van der Waals surface area contributed by atoms with E-state index in [1.807, 2.05) is 23.9 Å². The Labute approximate surface area is 134 Å². The van der Waals surface area contributed by atoms with Gasteiger partial charge in [-0.2, -0.15) is 5.10 Å². The Kier molecular flexibility index (Phi) is 4.10. The average molecular weight is 312 g/mol. The smallest absolute Gasteiger partial charge is 0.257 e. The van der Waals surface area contributed by atoms with E-state index in [4.69, 9.17) is 0 Å². The molecule has 0 fully saturated rings. The summed E-state index contributed by atoms with van der Waals surface area (Å²) in [5.41, 5.74) is 2.05. The predicted octanol–water partition coefficient (Wildman–Crippen LogP) is 1.69. The Balaban J connectivity index is 1.80. The third-order valence-corrected chi connectivity index (χ3v) is 3.82. The lowest BCUT2D eigenvalue weighted by Gasteiger charge is -2.22. The second-order valence-electron chi connectivity index (χ2n) is 6.04. The monoisotopic (exact) mass is 312 g/mol. The summed E-state index contributed by atoms with van der Waals surface area (Å²) in [6, 6.07) is -0.00269. The first kappa shape index (κ1) is 15.2. The SMILES string of the molecule is Cc1cnc2c(C(=O)N[C@@H](Cn3ccnc3)C(C)C)cnn2c1. The highest BCUT2D eigenvalue weighted by atomic mass is 16.1. The van der Waals surface area contributed by atoms with Crippen LogP contribution in [0.3, 0.4) is 0 Å². The number of carbonyl (C=O) groups excluding carboxylic acids is 1. The second kappa shape index (κ2) is 6.20. The molecule has 3 rings (SSSR count). The first-order valence-corrected chi connectivity index (χ1v) is 7.61. The summed E-state index contributed by atoms with van der Waals surface area (Å²) in [5, 5.41) is 7.29. The van der Waals surface area contributed by atoms with E-state index in [9.17, 15) is 4.79 Å². The number of rotatable bonds is 5. The van der Waals surface area contributed by atoms with E-state index in [0.29, 0.717) is 23.7 Å². The Morgan fingerprint density at radius 2 is 2.17 bits per heavy atom. The summed E-state index contributed by atoms with van der Waals surface area (Å²) in [6.45, 7) is 6.78. The lowest BCUT2D eigenvalue weighted by atomic mass is 10.0. The fourth-order valence-electron chi connectivity index (χ4n) is 2.42. The van der Waals surface area contributed by atoms with Crippen LogP contribution in [0, 0.1) is 12.8 Å². The molecule has 0 unspecified atom stereocenters. The maximum atomic E-state index is 12.6. The van der Waals surface area contributed by atoms with Crippen molar-refractivity contribution in [1.82, 2.24) is 29.5 Å².